The molecule has 0 aliphatic carbocycles. The van der Waals surface area contributed by atoms with Crippen molar-refractivity contribution in [2.24, 2.45) is 0 Å². The highest BCUT2D eigenvalue weighted by molar-refractivity contribution is 5.68. The van der Waals surface area contributed by atoms with Crippen LogP contribution in [0.15, 0.2) is 0 Å². The van der Waals surface area contributed by atoms with Crippen molar-refractivity contribution in [3.05, 3.63) is 0 Å². The third-order valence-electron chi connectivity index (χ3n) is 3.21. The number of nitrogens with one attached hydrogen (secondary N) is 2. The van der Waals surface area contributed by atoms with Crippen LogP contribution in [0.25, 0.3) is 0 Å². The fourth-order valence-corrected chi connectivity index (χ4v) is 2.04. The number of carbonyl (C=O) groups excluding carboxylic acids is 2. The van der Waals surface area contributed by atoms with Crippen molar-refractivity contribution in [3.8, 4) is 0 Å². The lowest BCUT2D eigenvalue weighted by Crippen LogP contribution is -2.43. The number of hydrogen-bond donors (Lipinski definition) is 2. The zero-order valence-corrected chi connectivity index (χ0v) is 11.8. The second-order valence-electron chi connectivity index (χ2n) is 4.37. The Hall–Kier alpha value is -1.50. The molecule has 7 nitrogen and oxygen atoms in total. The summed E-state index contributed by atoms with van der Waals surface area (Å²) >= 11 is 0. The molecule has 1 fully saturated rings. The lowest BCUT2D eigenvalue weighted by atomic mass is 10.0. The minimum atomic E-state index is -0.477. The highest BCUT2D eigenvalue weighted by atomic mass is 16.6. The van der Waals surface area contributed by atoms with Crippen LogP contribution in [0.5, 0.6) is 0 Å². The van der Waals surface area contributed by atoms with Crippen molar-refractivity contribution in [2.75, 3.05) is 14.2 Å². The monoisotopic (exact) mass is 274 g/mol. The first-order chi connectivity index (χ1) is 9.07. The number of epoxide rings is 1. The summed E-state index contributed by atoms with van der Waals surface area (Å²) in [7, 11) is 2.64. The smallest absolute Gasteiger partial charge is 0.407 e. The number of alkyl carbamates (subject to hydrolysis) is 2. The molecule has 4 unspecified atom stereocenters. The van der Waals surface area contributed by atoms with Crippen LogP contribution in [0.2, 0.25) is 0 Å². The summed E-state index contributed by atoms with van der Waals surface area (Å²) in [6, 6.07) is -0.239. The quantitative estimate of drug-likeness (QED) is 0.706. The third-order valence-corrected chi connectivity index (χ3v) is 3.21. The van der Waals surface area contributed by atoms with E-state index in [1.165, 1.54) is 14.2 Å². The van der Waals surface area contributed by atoms with E-state index in [9.17, 15) is 9.59 Å². The Balaban J connectivity index is 2.49. The number of rotatable bonds is 6. The Morgan fingerprint density at radius 2 is 1.37 bits per heavy atom. The predicted molar refractivity (Wildman–Crippen MR) is 67.9 cm³/mol. The average molecular weight is 274 g/mol. The van der Waals surface area contributed by atoms with E-state index in [4.69, 9.17) is 4.74 Å². The molecule has 0 aromatic rings. The summed E-state index contributed by atoms with van der Waals surface area (Å²) in [5.74, 6) is 0. The zero-order chi connectivity index (χ0) is 14.4. The van der Waals surface area contributed by atoms with Crippen LogP contribution in [-0.4, -0.2) is 50.7 Å². The second kappa shape index (κ2) is 7.18. The maximum absolute atomic E-state index is 11.2. The van der Waals surface area contributed by atoms with Crippen molar-refractivity contribution in [2.45, 2.75) is 51.0 Å². The molecule has 1 heterocycles. The van der Waals surface area contributed by atoms with Gasteiger partial charge in [0, 0.05) is 0 Å². The highest BCUT2D eigenvalue weighted by Crippen LogP contribution is 2.31. The van der Waals surface area contributed by atoms with Gasteiger partial charge in [-0.3, -0.25) is 0 Å². The number of hydrogen-bond acceptors (Lipinski definition) is 5. The van der Waals surface area contributed by atoms with Crippen molar-refractivity contribution in [3.63, 3.8) is 0 Å². The van der Waals surface area contributed by atoms with Crippen LogP contribution in [-0.2, 0) is 14.2 Å². The lowest BCUT2D eigenvalue weighted by molar-refractivity contribution is 0.163. The molecule has 0 bridgehead atoms. The molecule has 1 rings (SSSR count). The molecule has 0 spiro atoms. The predicted octanol–water partition coefficient (Wildman–Crippen LogP) is 1.02. The molecule has 7 heteroatoms. The van der Waals surface area contributed by atoms with Crippen LogP contribution in [0, 0.1) is 0 Å². The van der Waals surface area contributed by atoms with E-state index in [0.29, 0.717) is 0 Å². The van der Waals surface area contributed by atoms with Gasteiger partial charge in [0.05, 0.1) is 26.3 Å². The SMILES string of the molecule is CCC(NC(=O)OC)C1OC1C(CC)NC(=O)OC. The first-order valence-corrected chi connectivity index (χ1v) is 6.41. The third kappa shape index (κ3) is 4.27. The Morgan fingerprint density at radius 1 is 1.00 bits per heavy atom. The summed E-state index contributed by atoms with van der Waals surface area (Å²) in [5.41, 5.74) is 0. The van der Waals surface area contributed by atoms with Gasteiger partial charge in [0.25, 0.3) is 0 Å². The van der Waals surface area contributed by atoms with Gasteiger partial charge in [-0.25, -0.2) is 9.59 Å². The molecule has 2 amide bonds. The molecule has 19 heavy (non-hydrogen) atoms. The Labute approximate surface area is 113 Å². The molecule has 0 radical (unpaired) electrons. The van der Waals surface area contributed by atoms with Crippen LogP contribution in [0.4, 0.5) is 9.59 Å². The van der Waals surface area contributed by atoms with Gasteiger partial charge in [0.1, 0.15) is 12.2 Å². The molecule has 1 saturated heterocycles. The molecule has 1 aliphatic heterocycles. The maximum atomic E-state index is 11.2. The molecule has 2 N–H and O–H groups in total. The minimum Gasteiger partial charge on any atom is -0.453 e. The summed E-state index contributed by atoms with van der Waals surface area (Å²) in [6.07, 6.45) is 0.290. The lowest BCUT2D eigenvalue weighted by Gasteiger charge is -2.16. The molecule has 1 aliphatic rings. The molecule has 0 aromatic heterocycles. The Kier molecular flexibility index (Phi) is 5.88. The van der Waals surface area contributed by atoms with E-state index in [-0.39, 0.29) is 24.3 Å². The fourth-order valence-electron chi connectivity index (χ4n) is 2.04. The summed E-state index contributed by atoms with van der Waals surface area (Å²) in [6.45, 7) is 3.90. The van der Waals surface area contributed by atoms with Gasteiger partial charge < -0.3 is 24.8 Å². The zero-order valence-electron chi connectivity index (χ0n) is 11.8. The standard InChI is InChI=1S/C12H22N2O5/c1-5-7(13-11(15)17-3)9-10(19-9)8(6-2)14-12(16)18-4/h7-10H,5-6H2,1-4H3,(H,13,15)(H,14,16). The van der Waals surface area contributed by atoms with Crippen LogP contribution in [0.3, 0.4) is 0 Å². The van der Waals surface area contributed by atoms with Crippen LogP contribution in [0.1, 0.15) is 26.7 Å². The van der Waals surface area contributed by atoms with E-state index in [1.54, 1.807) is 0 Å². The van der Waals surface area contributed by atoms with Gasteiger partial charge in [-0.1, -0.05) is 13.8 Å². The van der Waals surface area contributed by atoms with E-state index in [2.05, 4.69) is 20.1 Å². The van der Waals surface area contributed by atoms with Gasteiger partial charge in [-0.2, -0.15) is 0 Å². The highest BCUT2D eigenvalue weighted by Gasteiger charge is 2.49. The second-order valence-corrected chi connectivity index (χ2v) is 4.37. The normalized spacial score (nSPS) is 24.0. The molecule has 0 aromatic carbocycles. The molecule has 0 saturated carbocycles. The van der Waals surface area contributed by atoms with E-state index >= 15 is 0 Å². The first-order valence-electron chi connectivity index (χ1n) is 6.41. The minimum absolute atomic E-state index is 0.105. The maximum Gasteiger partial charge on any atom is 0.407 e. The topological polar surface area (TPSA) is 89.2 Å². The van der Waals surface area contributed by atoms with Crippen molar-refractivity contribution < 1.29 is 23.8 Å². The van der Waals surface area contributed by atoms with Crippen molar-refractivity contribution >= 4 is 12.2 Å². The summed E-state index contributed by atoms with van der Waals surface area (Å²) in [4.78, 5) is 22.4. The van der Waals surface area contributed by atoms with Crippen molar-refractivity contribution in [1.29, 1.82) is 0 Å². The van der Waals surface area contributed by atoms with Crippen LogP contribution >= 0.6 is 0 Å². The van der Waals surface area contributed by atoms with E-state index < -0.39 is 12.2 Å². The van der Waals surface area contributed by atoms with Crippen LogP contribution < -0.4 is 10.6 Å². The number of ether oxygens (including phenoxy) is 3. The average Bonchev–Trinajstić information content (AvgIpc) is 3.21. The first kappa shape index (κ1) is 15.6. The number of amides is 2. The molecule has 110 valence electrons. The Morgan fingerprint density at radius 3 is 1.63 bits per heavy atom. The number of carbonyl (C=O) groups is 2. The Bertz CT molecular complexity index is 293. The largest absolute Gasteiger partial charge is 0.453 e. The van der Waals surface area contributed by atoms with E-state index in [1.807, 2.05) is 13.8 Å². The van der Waals surface area contributed by atoms with E-state index in [0.717, 1.165) is 12.8 Å². The van der Waals surface area contributed by atoms with Gasteiger partial charge >= 0.3 is 12.2 Å². The molecular formula is C12H22N2O5. The molecule has 4 atom stereocenters. The summed E-state index contributed by atoms with van der Waals surface area (Å²) in [5, 5.41) is 5.45. The summed E-state index contributed by atoms with van der Waals surface area (Å²) < 4.78 is 14.7. The van der Waals surface area contributed by atoms with Gasteiger partial charge in [0.15, 0.2) is 0 Å². The number of methoxy groups -OCH3 is 2. The van der Waals surface area contributed by atoms with Gasteiger partial charge in [-0.05, 0) is 12.8 Å². The van der Waals surface area contributed by atoms with Gasteiger partial charge in [-0.15, -0.1) is 0 Å². The van der Waals surface area contributed by atoms with Gasteiger partial charge in [0.2, 0.25) is 0 Å². The fraction of sp³-hybridized carbons (Fsp3) is 0.833. The van der Waals surface area contributed by atoms with Crippen molar-refractivity contribution in [1.82, 2.24) is 10.6 Å². The molecular weight excluding hydrogens is 252 g/mol.